The van der Waals surface area contributed by atoms with Crippen LogP contribution in [0.1, 0.15) is 73.4 Å². The predicted molar refractivity (Wildman–Crippen MR) is 143 cm³/mol. The second-order valence-corrected chi connectivity index (χ2v) is 10.5. The normalized spacial score (nSPS) is 24.8. The number of ether oxygens (including phenoxy) is 1. The highest BCUT2D eigenvalue weighted by molar-refractivity contribution is 6.12. The summed E-state index contributed by atoms with van der Waals surface area (Å²) in [5, 5.41) is 0. The van der Waals surface area contributed by atoms with Crippen LogP contribution < -0.4 is 0 Å². The molecule has 2 aliphatic rings. The molecule has 0 bridgehead atoms. The van der Waals surface area contributed by atoms with Crippen LogP contribution in [0.4, 0.5) is 0 Å². The number of hydrogen-bond donors (Lipinski definition) is 1. The number of nitrogens with one attached hydrogen (secondary N) is 1. The SMILES string of the molecule is CC1=NC(=Cc2[nH]c(C)c(C(=O)OC3C(C)CC(C)CC3C)c2-c2ccccc2)c2ccccc21. The van der Waals surface area contributed by atoms with Gasteiger partial charge < -0.3 is 9.72 Å². The average molecular weight is 467 g/mol. The largest absolute Gasteiger partial charge is 0.458 e. The first-order valence-electron chi connectivity index (χ1n) is 12.7. The van der Waals surface area contributed by atoms with Gasteiger partial charge in [-0.05, 0) is 56.1 Å². The van der Waals surface area contributed by atoms with E-state index in [1.165, 1.54) is 0 Å². The lowest BCUT2D eigenvalue weighted by Gasteiger charge is -2.37. The first-order chi connectivity index (χ1) is 16.8. The number of carbonyl (C=O) groups excluding carboxylic acids is 1. The number of fused-ring (bicyclic) bond motifs is 1. The molecular weight excluding hydrogens is 432 g/mol. The summed E-state index contributed by atoms with van der Waals surface area (Å²) in [4.78, 5) is 22.0. The Balaban J connectivity index is 1.58. The third kappa shape index (κ3) is 4.38. The lowest BCUT2D eigenvalue weighted by atomic mass is 9.75. The van der Waals surface area contributed by atoms with Crippen LogP contribution in [0.25, 0.3) is 22.9 Å². The van der Waals surface area contributed by atoms with Crippen molar-refractivity contribution in [1.82, 2.24) is 4.98 Å². The quantitative estimate of drug-likeness (QED) is 0.404. The number of nitrogens with zero attached hydrogens (tertiary/aromatic N) is 1. The van der Waals surface area contributed by atoms with Crippen LogP contribution in [-0.2, 0) is 4.74 Å². The molecule has 0 saturated heterocycles. The number of hydrogen-bond acceptors (Lipinski definition) is 3. The lowest BCUT2D eigenvalue weighted by molar-refractivity contribution is -0.0252. The Hall–Kier alpha value is -3.40. The summed E-state index contributed by atoms with van der Waals surface area (Å²) in [5.41, 5.74) is 8.35. The van der Waals surface area contributed by atoms with Crippen LogP contribution in [0.5, 0.6) is 0 Å². The Morgan fingerprint density at radius 3 is 2.26 bits per heavy atom. The average Bonchev–Trinajstić information content (AvgIpc) is 3.33. The van der Waals surface area contributed by atoms with Crippen molar-refractivity contribution in [1.29, 1.82) is 0 Å². The minimum Gasteiger partial charge on any atom is -0.458 e. The van der Waals surface area contributed by atoms with E-state index >= 15 is 0 Å². The Labute approximate surface area is 208 Å². The molecule has 3 aromatic rings. The van der Waals surface area contributed by atoms with Crippen molar-refractivity contribution in [2.45, 2.75) is 53.6 Å². The number of carbonyl (C=O) groups is 1. The van der Waals surface area contributed by atoms with Crippen molar-refractivity contribution in [3.63, 3.8) is 0 Å². The van der Waals surface area contributed by atoms with Crippen molar-refractivity contribution in [3.05, 3.63) is 82.7 Å². The van der Waals surface area contributed by atoms with E-state index in [1.807, 2.05) is 56.3 Å². The van der Waals surface area contributed by atoms with E-state index in [2.05, 4.69) is 44.0 Å². The molecule has 1 aliphatic heterocycles. The number of aromatic amines is 1. The van der Waals surface area contributed by atoms with Gasteiger partial charge in [-0.25, -0.2) is 4.79 Å². The molecule has 1 aliphatic carbocycles. The molecule has 1 aromatic heterocycles. The van der Waals surface area contributed by atoms with Crippen LogP contribution in [-0.4, -0.2) is 22.8 Å². The topological polar surface area (TPSA) is 54.5 Å². The number of H-pyrrole nitrogens is 1. The van der Waals surface area contributed by atoms with Gasteiger partial charge in [0.1, 0.15) is 6.10 Å². The summed E-state index contributed by atoms with van der Waals surface area (Å²) in [7, 11) is 0. The minimum absolute atomic E-state index is 0.0626. The summed E-state index contributed by atoms with van der Waals surface area (Å²) in [6.45, 7) is 10.7. The fourth-order valence-electron chi connectivity index (χ4n) is 6.10. The highest BCUT2D eigenvalue weighted by atomic mass is 16.5. The highest BCUT2D eigenvalue weighted by Crippen LogP contribution is 2.39. The van der Waals surface area contributed by atoms with E-state index < -0.39 is 0 Å². The van der Waals surface area contributed by atoms with E-state index in [0.29, 0.717) is 23.3 Å². The Morgan fingerprint density at radius 2 is 1.57 bits per heavy atom. The summed E-state index contributed by atoms with van der Waals surface area (Å²) in [6.07, 6.45) is 4.18. The van der Waals surface area contributed by atoms with Gasteiger partial charge in [0.25, 0.3) is 0 Å². The van der Waals surface area contributed by atoms with Gasteiger partial charge in [0.2, 0.25) is 0 Å². The first kappa shape index (κ1) is 23.3. The summed E-state index contributed by atoms with van der Waals surface area (Å²) < 4.78 is 6.24. The zero-order chi connectivity index (χ0) is 24.7. The molecule has 0 amide bonds. The van der Waals surface area contributed by atoms with Crippen molar-refractivity contribution in [2.24, 2.45) is 22.7 Å². The maximum atomic E-state index is 13.7. The molecule has 2 atom stereocenters. The molecule has 4 heteroatoms. The van der Waals surface area contributed by atoms with E-state index in [9.17, 15) is 4.79 Å². The van der Waals surface area contributed by atoms with Crippen molar-refractivity contribution >= 4 is 23.5 Å². The van der Waals surface area contributed by atoms with Crippen molar-refractivity contribution in [3.8, 4) is 11.1 Å². The summed E-state index contributed by atoms with van der Waals surface area (Å²) in [6, 6.07) is 18.4. The molecule has 2 heterocycles. The number of benzene rings is 2. The van der Waals surface area contributed by atoms with Gasteiger partial charge in [0, 0.05) is 33.8 Å². The number of aromatic nitrogens is 1. The third-order valence-corrected chi connectivity index (χ3v) is 7.56. The first-order valence-corrected chi connectivity index (χ1v) is 12.7. The van der Waals surface area contributed by atoms with E-state index in [0.717, 1.165) is 57.9 Å². The molecule has 1 N–H and O–H groups in total. The molecule has 1 saturated carbocycles. The second-order valence-electron chi connectivity index (χ2n) is 10.5. The summed E-state index contributed by atoms with van der Waals surface area (Å²) >= 11 is 0. The number of esters is 1. The van der Waals surface area contributed by atoms with Gasteiger partial charge in [0.15, 0.2) is 0 Å². The van der Waals surface area contributed by atoms with Gasteiger partial charge >= 0.3 is 5.97 Å². The van der Waals surface area contributed by atoms with Crippen LogP contribution in [0.2, 0.25) is 0 Å². The van der Waals surface area contributed by atoms with Crippen LogP contribution in [0.15, 0.2) is 59.6 Å². The Kier molecular flexibility index (Phi) is 6.22. The fourth-order valence-corrected chi connectivity index (χ4v) is 6.10. The standard InChI is InChI=1S/C31H34N2O2/c1-18-15-19(2)30(20(3)16-18)35-31(34)28-22(5)33-27(29(28)23-11-7-6-8-12-23)17-26-25-14-10-9-13-24(25)21(4)32-26/h6-14,17-20,30,33H,15-16H2,1-5H3. The van der Waals surface area contributed by atoms with Gasteiger partial charge in [-0.3, -0.25) is 4.99 Å². The molecule has 2 unspecified atom stereocenters. The van der Waals surface area contributed by atoms with E-state index in [-0.39, 0.29) is 12.1 Å². The molecule has 5 rings (SSSR count). The molecule has 2 aromatic carbocycles. The van der Waals surface area contributed by atoms with Gasteiger partial charge in [-0.2, -0.15) is 0 Å². The predicted octanol–water partition coefficient (Wildman–Crippen LogP) is 7.54. The smallest absolute Gasteiger partial charge is 0.340 e. The minimum atomic E-state index is -0.244. The molecule has 180 valence electrons. The van der Waals surface area contributed by atoms with Crippen LogP contribution >= 0.6 is 0 Å². The Morgan fingerprint density at radius 1 is 0.943 bits per heavy atom. The van der Waals surface area contributed by atoms with Crippen LogP contribution in [0, 0.1) is 24.7 Å². The second kappa shape index (κ2) is 9.33. The van der Waals surface area contributed by atoms with Gasteiger partial charge in [-0.1, -0.05) is 75.4 Å². The van der Waals surface area contributed by atoms with Crippen molar-refractivity contribution in [2.75, 3.05) is 0 Å². The maximum absolute atomic E-state index is 13.7. The zero-order valence-electron chi connectivity index (χ0n) is 21.3. The fraction of sp³-hybridized carbons (Fsp3) is 0.355. The third-order valence-electron chi connectivity index (χ3n) is 7.56. The monoisotopic (exact) mass is 466 g/mol. The zero-order valence-corrected chi connectivity index (χ0v) is 21.3. The molecule has 35 heavy (non-hydrogen) atoms. The van der Waals surface area contributed by atoms with Crippen LogP contribution in [0.3, 0.4) is 0 Å². The highest BCUT2D eigenvalue weighted by Gasteiger charge is 2.35. The number of rotatable bonds is 4. The van der Waals surface area contributed by atoms with E-state index in [4.69, 9.17) is 9.73 Å². The summed E-state index contributed by atoms with van der Waals surface area (Å²) in [5.74, 6) is 1.13. The lowest BCUT2D eigenvalue weighted by Crippen LogP contribution is -2.37. The van der Waals surface area contributed by atoms with Gasteiger partial charge in [-0.15, -0.1) is 0 Å². The Bertz CT molecular complexity index is 1300. The maximum Gasteiger partial charge on any atom is 0.340 e. The molecule has 0 radical (unpaired) electrons. The molecule has 1 fully saturated rings. The van der Waals surface area contributed by atoms with Gasteiger partial charge in [0.05, 0.1) is 11.3 Å². The number of aliphatic imine (C=N–C) groups is 1. The van der Waals surface area contributed by atoms with Crippen molar-refractivity contribution < 1.29 is 9.53 Å². The molecule has 4 nitrogen and oxygen atoms in total. The molecular formula is C31H34N2O2. The van der Waals surface area contributed by atoms with E-state index in [1.54, 1.807) is 0 Å². The molecule has 0 spiro atoms. The number of aryl methyl sites for hydroxylation is 1.